The maximum Gasteiger partial charge on any atom is 0.238 e. The molecule has 0 saturated heterocycles. The summed E-state index contributed by atoms with van der Waals surface area (Å²) in [5, 5.41) is 4.14. The lowest BCUT2D eigenvalue weighted by Gasteiger charge is -2.11. The summed E-state index contributed by atoms with van der Waals surface area (Å²) in [6, 6.07) is 67.7. The van der Waals surface area contributed by atoms with Crippen LogP contribution in [0.3, 0.4) is 0 Å². The maximum absolute atomic E-state index is 6.83. The summed E-state index contributed by atoms with van der Waals surface area (Å²) in [5.74, 6) is 3.32. The molecule has 8 nitrogen and oxygen atoms in total. The van der Waals surface area contributed by atoms with Gasteiger partial charge in [-0.1, -0.05) is 170 Å². The lowest BCUT2D eigenvalue weighted by Crippen LogP contribution is -2.06. The van der Waals surface area contributed by atoms with Gasteiger partial charge in [0.15, 0.2) is 29.1 Å². The number of aromatic nitrogens is 7. The zero-order valence-corrected chi connectivity index (χ0v) is 33.1. The van der Waals surface area contributed by atoms with Crippen LogP contribution in [0, 0.1) is 0 Å². The largest absolute Gasteiger partial charge is 0.455 e. The van der Waals surface area contributed by atoms with Crippen molar-refractivity contribution in [3.05, 3.63) is 200 Å². The predicted molar refractivity (Wildman–Crippen MR) is 247 cm³/mol. The Balaban J connectivity index is 1.04. The zero-order valence-electron chi connectivity index (χ0n) is 33.1. The molecule has 0 aliphatic rings. The van der Waals surface area contributed by atoms with Crippen molar-refractivity contribution in [3.63, 3.8) is 0 Å². The van der Waals surface area contributed by atoms with Crippen LogP contribution in [0.25, 0.3) is 118 Å². The van der Waals surface area contributed by atoms with Gasteiger partial charge >= 0.3 is 0 Å². The minimum Gasteiger partial charge on any atom is -0.455 e. The highest BCUT2D eigenvalue weighted by Crippen LogP contribution is 2.39. The van der Waals surface area contributed by atoms with Gasteiger partial charge in [-0.2, -0.15) is 9.97 Å². The average Bonchev–Trinajstić information content (AvgIpc) is 3.90. The van der Waals surface area contributed by atoms with Crippen molar-refractivity contribution in [2.75, 3.05) is 0 Å². The van der Waals surface area contributed by atoms with Gasteiger partial charge in [-0.15, -0.1) is 0 Å². The normalized spacial score (nSPS) is 11.5. The first-order chi connectivity index (χ1) is 30.7. The van der Waals surface area contributed by atoms with E-state index < -0.39 is 0 Å². The molecule has 0 spiro atoms. The van der Waals surface area contributed by atoms with Gasteiger partial charge in [0, 0.05) is 43.8 Å². The van der Waals surface area contributed by atoms with Gasteiger partial charge in [-0.3, -0.25) is 4.57 Å². The van der Waals surface area contributed by atoms with E-state index in [2.05, 4.69) is 83.4 Å². The first kappa shape index (κ1) is 35.3. The van der Waals surface area contributed by atoms with Crippen molar-refractivity contribution in [1.29, 1.82) is 0 Å². The monoisotopic (exact) mass is 795 g/mol. The Morgan fingerprint density at radius 3 is 1.45 bits per heavy atom. The number of benzene rings is 8. The fourth-order valence-corrected chi connectivity index (χ4v) is 8.35. The molecule has 0 radical (unpaired) electrons. The van der Waals surface area contributed by atoms with Gasteiger partial charge in [-0.05, 0) is 41.5 Å². The zero-order chi connectivity index (χ0) is 41.0. The molecule has 12 rings (SSSR count). The van der Waals surface area contributed by atoms with E-state index in [1.165, 1.54) is 0 Å². The second-order valence-corrected chi connectivity index (χ2v) is 15.1. The molecule has 0 fully saturated rings. The first-order valence-electron chi connectivity index (χ1n) is 20.5. The van der Waals surface area contributed by atoms with Gasteiger partial charge in [0.25, 0.3) is 0 Å². The van der Waals surface area contributed by atoms with Crippen LogP contribution in [0.1, 0.15) is 0 Å². The molecule has 4 heterocycles. The van der Waals surface area contributed by atoms with Gasteiger partial charge in [0.2, 0.25) is 5.95 Å². The Morgan fingerprint density at radius 1 is 0.306 bits per heavy atom. The predicted octanol–water partition coefficient (Wildman–Crippen LogP) is 13.1. The van der Waals surface area contributed by atoms with Crippen molar-refractivity contribution in [1.82, 2.24) is 34.5 Å². The van der Waals surface area contributed by atoms with Crippen LogP contribution in [-0.2, 0) is 0 Å². The highest BCUT2D eigenvalue weighted by atomic mass is 16.3. The number of hydrogen-bond donors (Lipinski definition) is 0. The topological polar surface area (TPSA) is 95.4 Å². The van der Waals surface area contributed by atoms with Crippen molar-refractivity contribution in [3.8, 4) is 74.0 Å². The van der Waals surface area contributed by atoms with E-state index in [0.29, 0.717) is 46.2 Å². The van der Waals surface area contributed by atoms with E-state index in [4.69, 9.17) is 34.3 Å². The van der Waals surface area contributed by atoms with Crippen molar-refractivity contribution >= 4 is 43.7 Å². The SMILES string of the molecule is c1ccc(-c2ccc3c4ccccc4n(-c4nc(-c5ccccc5)nc(-c5cccc6c5oc5cc(-c7nc(-c8ccccc8)nc(-c8ccccc8)n7)ccc56)n4)c3c2)cc1. The van der Waals surface area contributed by atoms with Crippen LogP contribution < -0.4 is 0 Å². The van der Waals surface area contributed by atoms with Gasteiger partial charge in [0.05, 0.1) is 16.6 Å². The summed E-state index contributed by atoms with van der Waals surface area (Å²) < 4.78 is 8.99. The molecule has 0 N–H and O–H groups in total. The van der Waals surface area contributed by atoms with Crippen LogP contribution >= 0.6 is 0 Å². The number of nitrogens with zero attached hydrogens (tertiary/aromatic N) is 7. The van der Waals surface area contributed by atoms with Gasteiger partial charge in [0.1, 0.15) is 11.2 Å². The second kappa shape index (κ2) is 14.6. The molecule has 0 amide bonds. The molecule has 8 aromatic carbocycles. The quantitative estimate of drug-likeness (QED) is 0.158. The van der Waals surface area contributed by atoms with E-state index in [1.54, 1.807) is 0 Å². The highest BCUT2D eigenvalue weighted by molar-refractivity contribution is 6.11. The van der Waals surface area contributed by atoms with Crippen LogP contribution in [0.15, 0.2) is 205 Å². The highest BCUT2D eigenvalue weighted by Gasteiger charge is 2.22. The van der Waals surface area contributed by atoms with Crippen molar-refractivity contribution in [2.24, 2.45) is 0 Å². The first-order valence-corrected chi connectivity index (χ1v) is 20.5. The van der Waals surface area contributed by atoms with E-state index >= 15 is 0 Å². The summed E-state index contributed by atoms with van der Waals surface area (Å²) in [7, 11) is 0. The Hall–Kier alpha value is -8.62. The lowest BCUT2D eigenvalue weighted by atomic mass is 10.0. The van der Waals surface area contributed by atoms with Gasteiger partial charge < -0.3 is 4.42 Å². The van der Waals surface area contributed by atoms with Crippen LogP contribution in [-0.4, -0.2) is 34.5 Å². The lowest BCUT2D eigenvalue weighted by molar-refractivity contribution is 0.669. The van der Waals surface area contributed by atoms with Crippen molar-refractivity contribution in [2.45, 2.75) is 0 Å². The summed E-state index contributed by atoms with van der Waals surface area (Å²) in [4.78, 5) is 30.5. The maximum atomic E-state index is 6.83. The van der Waals surface area contributed by atoms with Crippen LogP contribution in [0.2, 0.25) is 0 Å². The second-order valence-electron chi connectivity index (χ2n) is 15.1. The fourth-order valence-electron chi connectivity index (χ4n) is 8.35. The van der Waals surface area contributed by atoms with Gasteiger partial charge in [-0.25, -0.2) is 19.9 Å². The molecule has 290 valence electrons. The number of rotatable bonds is 7. The summed E-state index contributed by atoms with van der Waals surface area (Å²) in [6.45, 7) is 0. The third-order valence-corrected chi connectivity index (χ3v) is 11.3. The summed E-state index contributed by atoms with van der Waals surface area (Å²) >= 11 is 0. The third-order valence-electron chi connectivity index (χ3n) is 11.3. The molecule has 0 aliphatic carbocycles. The van der Waals surface area contributed by atoms with E-state index in [0.717, 1.165) is 71.5 Å². The minimum absolute atomic E-state index is 0.501. The molecule has 12 aromatic rings. The number of furan rings is 1. The van der Waals surface area contributed by atoms with Crippen molar-refractivity contribution < 1.29 is 4.42 Å². The Labute approximate surface area is 355 Å². The molecule has 8 heteroatoms. The molecule has 62 heavy (non-hydrogen) atoms. The van der Waals surface area contributed by atoms with Crippen LogP contribution in [0.5, 0.6) is 0 Å². The molecular weight excluding hydrogens is 763 g/mol. The fraction of sp³-hybridized carbons (Fsp3) is 0. The smallest absolute Gasteiger partial charge is 0.238 e. The number of fused-ring (bicyclic) bond motifs is 6. The standard InChI is InChI=1S/C54H33N7O/c1-5-16-34(17-6-1)38-28-30-41-40-24-13-14-27-45(40)61(46(41)32-38)54-59-51(37-22-11-4-12-23-37)58-53(60-54)44-26-15-25-43-42-31-29-39(33-47(42)62-48(43)44)52-56-49(35-18-7-2-8-19-35)55-50(57-52)36-20-9-3-10-21-36/h1-33H. The van der Waals surface area contributed by atoms with E-state index in [1.807, 2.05) is 121 Å². The molecule has 4 aromatic heterocycles. The molecule has 0 saturated carbocycles. The Kier molecular flexibility index (Phi) is 8.31. The Morgan fingerprint density at radius 2 is 0.790 bits per heavy atom. The molecule has 0 unspecified atom stereocenters. The molecule has 0 bridgehead atoms. The molecule has 0 atom stereocenters. The van der Waals surface area contributed by atoms with Crippen LogP contribution in [0.4, 0.5) is 0 Å². The molecular formula is C54H33N7O. The van der Waals surface area contributed by atoms with E-state index in [9.17, 15) is 0 Å². The number of para-hydroxylation sites is 2. The average molecular weight is 796 g/mol. The minimum atomic E-state index is 0.501. The third kappa shape index (κ3) is 6.09. The number of hydrogen-bond acceptors (Lipinski definition) is 7. The summed E-state index contributed by atoms with van der Waals surface area (Å²) in [5.41, 5.74) is 9.88. The summed E-state index contributed by atoms with van der Waals surface area (Å²) in [6.07, 6.45) is 0. The Bertz CT molecular complexity index is 3570. The van der Waals surface area contributed by atoms with E-state index in [-0.39, 0.29) is 0 Å². The molecule has 0 aliphatic heterocycles.